The molecule has 3 nitrogen and oxygen atoms in total. The van der Waals surface area contributed by atoms with Gasteiger partial charge in [-0.1, -0.05) is 0 Å². The predicted molar refractivity (Wildman–Crippen MR) is 59.6 cm³/mol. The van der Waals surface area contributed by atoms with Crippen molar-refractivity contribution in [1.82, 2.24) is 4.98 Å². The van der Waals surface area contributed by atoms with Crippen LogP contribution < -0.4 is 10.6 Å². The third-order valence-corrected chi connectivity index (χ3v) is 3.07. The van der Waals surface area contributed by atoms with Crippen LogP contribution in [0.15, 0.2) is 18.5 Å². The molecule has 0 unspecified atom stereocenters. The Morgan fingerprint density at radius 3 is 2.41 bits per heavy atom. The van der Waals surface area contributed by atoms with Gasteiger partial charge in [-0.25, -0.2) is 0 Å². The number of aromatic nitrogens is 1. The van der Waals surface area contributed by atoms with E-state index in [9.17, 15) is 13.2 Å². The Balaban J connectivity index is 2.00. The van der Waals surface area contributed by atoms with Gasteiger partial charge in [0.15, 0.2) is 0 Å². The first-order valence-corrected chi connectivity index (χ1v) is 5.49. The molecular weight excluding hydrogens is 231 g/mol. The van der Waals surface area contributed by atoms with Crippen molar-refractivity contribution < 1.29 is 13.2 Å². The maximum absolute atomic E-state index is 12.5. The summed E-state index contributed by atoms with van der Waals surface area (Å²) < 4.78 is 37.5. The van der Waals surface area contributed by atoms with Gasteiger partial charge in [0, 0.05) is 19.3 Å². The minimum atomic E-state index is -4.07. The first-order valence-electron chi connectivity index (χ1n) is 5.49. The molecule has 0 atom stereocenters. The number of alkyl halides is 3. The lowest BCUT2D eigenvalue weighted by Crippen LogP contribution is -2.39. The Morgan fingerprint density at radius 1 is 1.24 bits per heavy atom. The molecule has 1 aromatic rings. The highest BCUT2D eigenvalue weighted by molar-refractivity contribution is 5.53. The summed E-state index contributed by atoms with van der Waals surface area (Å²) >= 11 is 0. The first-order chi connectivity index (χ1) is 7.97. The number of nitrogens with two attached hydrogens (primary N) is 1. The monoisotopic (exact) mass is 245 g/mol. The van der Waals surface area contributed by atoms with Crippen LogP contribution >= 0.6 is 0 Å². The van der Waals surface area contributed by atoms with E-state index in [1.807, 2.05) is 4.90 Å². The fourth-order valence-corrected chi connectivity index (χ4v) is 2.08. The highest BCUT2D eigenvalue weighted by Crippen LogP contribution is 2.35. The van der Waals surface area contributed by atoms with Crippen molar-refractivity contribution in [2.75, 3.05) is 23.7 Å². The third kappa shape index (κ3) is 2.81. The minimum Gasteiger partial charge on any atom is -0.397 e. The summed E-state index contributed by atoms with van der Waals surface area (Å²) in [5.41, 5.74) is 6.92. The molecule has 0 aliphatic carbocycles. The van der Waals surface area contributed by atoms with E-state index in [0.717, 1.165) is 5.69 Å². The van der Waals surface area contributed by atoms with Gasteiger partial charge in [-0.2, -0.15) is 13.2 Å². The van der Waals surface area contributed by atoms with Crippen LogP contribution in [0.25, 0.3) is 0 Å². The molecule has 1 aliphatic heterocycles. The topological polar surface area (TPSA) is 42.1 Å². The molecular formula is C11H14F3N3. The van der Waals surface area contributed by atoms with E-state index in [4.69, 9.17) is 5.73 Å². The molecule has 1 fully saturated rings. The van der Waals surface area contributed by atoms with E-state index in [1.165, 1.54) is 6.20 Å². The average molecular weight is 245 g/mol. The van der Waals surface area contributed by atoms with Crippen molar-refractivity contribution >= 4 is 11.4 Å². The molecule has 1 aliphatic rings. The van der Waals surface area contributed by atoms with Crippen LogP contribution in [-0.2, 0) is 0 Å². The molecule has 0 spiro atoms. The number of piperidine rings is 1. The molecule has 1 saturated heterocycles. The lowest BCUT2D eigenvalue weighted by Gasteiger charge is -2.34. The zero-order valence-electron chi connectivity index (χ0n) is 9.24. The van der Waals surface area contributed by atoms with E-state index in [2.05, 4.69) is 4.98 Å². The quantitative estimate of drug-likeness (QED) is 0.826. The summed E-state index contributed by atoms with van der Waals surface area (Å²) in [6.07, 6.45) is -0.646. The molecule has 0 bridgehead atoms. The number of anilines is 2. The highest BCUT2D eigenvalue weighted by Gasteiger charge is 2.41. The van der Waals surface area contributed by atoms with Gasteiger partial charge in [-0.3, -0.25) is 4.98 Å². The van der Waals surface area contributed by atoms with Crippen molar-refractivity contribution in [1.29, 1.82) is 0 Å². The molecule has 0 aromatic carbocycles. The Bertz CT molecular complexity index is 384. The van der Waals surface area contributed by atoms with Gasteiger partial charge in [0.05, 0.1) is 23.5 Å². The molecule has 1 aromatic heterocycles. The largest absolute Gasteiger partial charge is 0.397 e. The van der Waals surface area contributed by atoms with Crippen molar-refractivity contribution in [3.05, 3.63) is 18.5 Å². The fraction of sp³-hybridized carbons (Fsp3) is 0.545. The van der Waals surface area contributed by atoms with Crippen molar-refractivity contribution in [2.45, 2.75) is 19.0 Å². The Morgan fingerprint density at radius 2 is 1.88 bits per heavy atom. The van der Waals surface area contributed by atoms with Crippen molar-refractivity contribution in [3.63, 3.8) is 0 Å². The lowest BCUT2D eigenvalue weighted by atomic mass is 9.96. The number of halogens is 3. The average Bonchev–Trinajstić information content (AvgIpc) is 2.28. The zero-order chi connectivity index (χ0) is 12.5. The molecule has 2 N–H and O–H groups in total. The van der Waals surface area contributed by atoms with E-state index < -0.39 is 12.1 Å². The van der Waals surface area contributed by atoms with Gasteiger partial charge in [-0.05, 0) is 18.9 Å². The first kappa shape index (κ1) is 12.0. The van der Waals surface area contributed by atoms with Crippen LogP contribution in [0.3, 0.4) is 0 Å². The zero-order valence-corrected chi connectivity index (χ0v) is 9.24. The second-order valence-electron chi connectivity index (χ2n) is 4.28. The van der Waals surface area contributed by atoms with Gasteiger partial charge < -0.3 is 10.6 Å². The number of nitrogen functional groups attached to an aromatic ring is 1. The third-order valence-electron chi connectivity index (χ3n) is 3.07. The maximum Gasteiger partial charge on any atom is 0.391 e. The number of hydrogen-bond acceptors (Lipinski definition) is 3. The predicted octanol–water partition coefficient (Wildman–Crippen LogP) is 2.44. The minimum absolute atomic E-state index is 0.137. The van der Waals surface area contributed by atoms with E-state index in [0.29, 0.717) is 18.8 Å². The van der Waals surface area contributed by atoms with Gasteiger partial charge >= 0.3 is 6.18 Å². The summed E-state index contributed by atoms with van der Waals surface area (Å²) in [4.78, 5) is 5.83. The van der Waals surface area contributed by atoms with E-state index >= 15 is 0 Å². The van der Waals surface area contributed by atoms with Crippen LogP contribution in [0.5, 0.6) is 0 Å². The molecule has 0 radical (unpaired) electrons. The lowest BCUT2D eigenvalue weighted by molar-refractivity contribution is -0.179. The number of rotatable bonds is 1. The molecule has 0 saturated carbocycles. The van der Waals surface area contributed by atoms with Gasteiger partial charge in [0.1, 0.15) is 0 Å². The van der Waals surface area contributed by atoms with Crippen LogP contribution in [-0.4, -0.2) is 24.2 Å². The second-order valence-corrected chi connectivity index (χ2v) is 4.28. The summed E-state index contributed by atoms with van der Waals surface area (Å²) in [7, 11) is 0. The maximum atomic E-state index is 12.5. The Labute approximate surface area is 97.4 Å². The summed E-state index contributed by atoms with van der Waals surface area (Å²) in [6.45, 7) is 0.796. The van der Waals surface area contributed by atoms with Crippen LogP contribution in [0.4, 0.5) is 24.5 Å². The van der Waals surface area contributed by atoms with Crippen LogP contribution in [0.1, 0.15) is 12.8 Å². The fourth-order valence-electron chi connectivity index (χ4n) is 2.08. The van der Waals surface area contributed by atoms with E-state index in [1.54, 1.807) is 12.3 Å². The molecule has 6 heteroatoms. The molecule has 2 heterocycles. The van der Waals surface area contributed by atoms with Crippen LogP contribution in [0.2, 0.25) is 0 Å². The van der Waals surface area contributed by atoms with Gasteiger partial charge in [0.2, 0.25) is 0 Å². The summed E-state index contributed by atoms with van der Waals surface area (Å²) in [5, 5.41) is 0. The normalized spacial score (nSPS) is 18.4. The molecule has 17 heavy (non-hydrogen) atoms. The highest BCUT2D eigenvalue weighted by atomic mass is 19.4. The van der Waals surface area contributed by atoms with Crippen LogP contribution in [0, 0.1) is 5.92 Å². The van der Waals surface area contributed by atoms with Crippen molar-refractivity contribution in [3.8, 4) is 0 Å². The Kier molecular flexibility index (Phi) is 3.13. The summed E-state index contributed by atoms with van der Waals surface area (Å²) in [6, 6.07) is 1.74. The molecule has 2 rings (SSSR count). The second kappa shape index (κ2) is 4.43. The smallest absolute Gasteiger partial charge is 0.391 e. The number of nitrogens with zero attached hydrogens (tertiary/aromatic N) is 2. The molecule has 94 valence electrons. The molecule has 0 amide bonds. The van der Waals surface area contributed by atoms with Gasteiger partial charge in [-0.15, -0.1) is 0 Å². The summed E-state index contributed by atoms with van der Waals surface area (Å²) in [5.74, 6) is -1.17. The van der Waals surface area contributed by atoms with E-state index in [-0.39, 0.29) is 12.8 Å². The van der Waals surface area contributed by atoms with Crippen molar-refractivity contribution in [2.24, 2.45) is 5.92 Å². The number of pyridine rings is 1. The number of hydrogen-bond donors (Lipinski definition) is 1. The van der Waals surface area contributed by atoms with Gasteiger partial charge in [0.25, 0.3) is 0 Å². The Hall–Kier alpha value is -1.46. The SMILES string of the molecule is Nc1cncc(N2CCC(C(F)(F)F)CC2)c1. The standard InChI is InChI=1S/C11H14F3N3/c12-11(13,14)8-1-3-17(4-2-8)10-5-9(15)6-16-7-10/h5-8H,1-4,15H2.